The molecule has 4 rings (SSSR count). The third-order valence-electron chi connectivity index (χ3n) is 5.30. The number of nitrogens with zero attached hydrogens (tertiary/aromatic N) is 3. The minimum Gasteiger partial charge on any atom is -0.363 e. The summed E-state index contributed by atoms with van der Waals surface area (Å²) in [6.07, 6.45) is 2.90. The van der Waals surface area contributed by atoms with Gasteiger partial charge in [0.25, 0.3) is 0 Å². The number of likely N-dealkylation sites (tertiary alicyclic amines) is 1. The Kier molecular flexibility index (Phi) is 5.40. The average Bonchev–Trinajstić information content (AvgIpc) is 2.83. The van der Waals surface area contributed by atoms with Crippen LogP contribution in [-0.2, 0) is 6.54 Å². The Labute approximate surface area is 164 Å². The van der Waals surface area contributed by atoms with E-state index in [1.54, 1.807) is 0 Å². The van der Waals surface area contributed by atoms with Crippen LogP contribution in [-0.4, -0.2) is 30.6 Å². The fourth-order valence-corrected chi connectivity index (χ4v) is 5.19. The smallest absolute Gasteiger partial charge is 0.0635 e. The van der Waals surface area contributed by atoms with Crippen LogP contribution in [0.2, 0.25) is 5.02 Å². The van der Waals surface area contributed by atoms with Gasteiger partial charge in [0, 0.05) is 53.5 Å². The first-order chi connectivity index (χ1) is 12.7. The summed E-state index contributed by atoms with van der Waals surface area (Å²) in [4.78, 5) is 7.62. The predicted molar refractivity (Wildman–Crippen MR) is 108 cm³/mol. The Bertz CT molecular complexity index is 824. The summed E-state index contributed by atoms with van der Waals surface area (Å²) in [5, 5.41) is 9.62. The summed E-state index contributed by atoms with van der Waals surface area (Å²) in [5.74, 6) is 0. The SMILES string of the molecule is N#CCCN1CCC(N2Cc3cc(Cl)ccc3Sc3ccccc32)CC1. The van der Waals surface area contributed by atoms with Crippen LogP contribution in [0.25, 0.3) is 0 Å². The number of rotatable bonds is 3. The highest BCUT2D eigenvalue weighted by Crippen LogP contribution is 2.43. The quantitative estimate of drug-likeness (QED) is 0.729. The number of para-hydroxylation sites is 1. The fraction of sp³-hybridized carbons (Fsp3) is 0.381. The van der Waals surface area contributed by atoms with Gasteiger partial charge in [-0.25, -0.2) is 0 Å². The average molecular weight is 384 g/mol. The second-order valence-electron chi connectivity index (χ2n) is 6.93. The van der Waals surface area contributed by atoms with Crippen molar-refractivity contribution >= 4 is 29.1 Å². The maximum atomic E-state index is 8.81. The number of piperidine rings is 1. The minimum absolute atomic E-state index is 0.528. The molecule has 0 amide bonds. The largest absolute Gasteiger partial charge is 0.363 e. The molecule has 0 N–H and O–H groups in total. The van der Waals surface area contributed by atoms with Crippen LogP contribution in [0, 0.1) is 11.3 Å². The van der Waals surface area contributed by atoms with Gasteiger partial charge in [-0.05, 0) is 48.7 Å². The molecule has 2 aliphatic rings. The first kappa shape index (κ1) is 17.7. The minimum atomic E-state index is 0.528. The normalized spacial score (nSPS) is 17.9. The van der Waals surface area contributed by atoms with Gasteiger partial charge in [0.15, 0.2) is 0 Å². The van der Waals surface area contributed by atoms with Gasteiger partial charge >= 0.3 is 0 Å². The molecule has 134 valence electrons. The van der Waals surface area contributed by atoms with E-state index in [1.165, 1.54) is 21.0 Å². The first-order valence-corrected chi connectivity index (χ1v) is 10.4. The Balaban J connectivity index is 1.60. The van der Waals surface area contributed by atoms with Crippen molar-refractivity contribution < 1.29 is 0 Å². The number of hydrogen-bond acceptors (Lipinski definition) is 4. The third-order valence-corrected chi connectivity index (χ3v) is 6.71. The van der Waals surface area contributed by atoms with Crippen molar-refractivity contribution in [3.63, 3.8) is 0 Å². The summed E-state index contributed by atoms with van der Waals surface area (Å²) in [6, 6.07) is 17.8. The lowest BCUT2D eigenvalue weighted by atomic mass is 10.0. The molecule has 0 radical (unpaired) electrons. The monoisotopic (exact) mass is 383 g/mol. The molecular weight excluding hydrogens is 362 g/mol. The number of nitriles is 1. The van der Waals surface area contributed by atoms with Crippen LogP contribution >= 0.6 is 23.4 Å². The molecule has 26 heavy (non-hydrogen) atoms. The van der Waals surface area contributed by atoms with Gasteiger partial charge in [-0.2, -0.15) is 5.26 Å². The molecule has 1 fully saturated rings. The first-order valence-electron chi connectivity index (χ1n) is 9.16. The summed E-state index contributed by atoms with van der Waals surface area (Å²) in [7, 11) is 0. The van der Waals surface area contributed by atoms with Crippen molar-refractivity contribution in [1.82, 2.24) is 4.90 Å². The molecule has 2 aliphatic heterocycles. The van der Waals surface area contributed by atoms with E-state index in [-0.39, 0.29) is 0 Å². The van der Waals surface area contributed by atoms with E-state index in [2.05, 4.69) is 52.3 Å². The van der Waals surface area contributed by atoms with E-state index in [4.69, 9.17) is 16.9 Å². The number of fused-ring (bicyclic) bond motifs is 2. The molecule has 1 saturated heterocycles. The maximum Gasteiger partial charge on any atom is 0.0635 e. The topological polar surface area (TPSA) is 30.3 Å². The number of hydrogen-bond donors (Lipinski definition) is 0. The Morgan fingerprint density at radius 1 is 1.12 bits per heavy atom. The van der Waals surface area contributed by atoms with Crippen LogP contribution in [0.15, 0.2) is 52.3 Å². The van der Waals surface area contributed by atoms with Crippen LogP contribution < -0.4 is 4.90 Å². The predicted octanol–water partition coefficient (Wildman–Crippen LogP) is 5.19. The van der Waals surface area contributed by atoms with Crippen molar-refractivity contribution in [2.45, 2.75) is 41.6 Å². The molecule has 2 aromatic rings. The van der Waals surface area contributed by atoms with E-state index in [0.29, 0.717) is 12.5 Å². The second kappa shape index (κ2) is 7.92. The van der Waals surface area contributed by atoms with E-state index in [1.807, 2.05) is 17.8 Å². The lowest BCUT2D eigenvalue weighted by Crippen LogP contribution is -2.45. The van der Waals surface area contributed by atoms with E-state index < -0.39 is 0 Å². The van der Waals surface area contributed by atoms with Gasteiger partial charge in [-0.3, -0.25) is 0 Å². The van der Waals surface area contributed by atoms with Gasteiger partial charge in [-0.15, -0.1) is 0 Å². The Morgan fingerprint density at radius 2 is 1.92 bits per heavy atom. The van der Waals surface area contributed by atoms with Crippen molar-refractivity contribution in [2.24, 2.45) is 0 Å². The van der Waals surface area contributed by atoms with Gasteiger partial charge in [-0.1, -0.05) is 35.5 Å². The molecule has 3 nitrogen and oxygen atoms in total. The molecule has 5 heteroatoms. The van der Waals surface area contributed by atoms with Crippen LogP contribution in [0.4, 0.5) is 5.69 Å². The molecule has 2 aromatic carbocycles. The van der Waals surface area contributed by atoms with Crippen molar-refractivity contribution in [2.75, 3.05) is 24.5 Å². The molecule has 0 unspecified atom stereocenters. The van der Waals surface area contributed by atoms with Crippen molar-refractivity contribution in [3.05, 3.63) is 53.1 Å². The maximum absolute atomic E-state index is 8.81. The van der Waals surface area contributed by atoms with Crippen molar-refractivity contribution in [1.29, 1.82) is 5.26 Å². The molecule has 0 saturated carbocycles. The van der Waals surface area contributed by atoms with E-state index >= 15 is 0 Å². The van der Waals surface area contributed by atoms with Crippen LogP contribution in [0.1, 0.15) is 24.8 Å². The second-order valence-corrected chi connectivity index (χ2v) is 8.45. The summed E-state index contributed by atoms with van der Waals surface area (Å²) in [6.45, 7) is 3.94. The molecule has 2 heterocycles. The lowest BCUT2D eigenvalue weighted by molar-refractivity contribution is 0.212. The molecule has 0 aromatic heterocycles. The molecule has 0 atom stereocenters. The molecule has 0 spiro atoms. The van der Waals surface area contributed by atoms with E-state index in [9.17, 15) is 0 Å². The van der Waals surface area contributed by atoms with Crippen LogP contribution in [0.5, 0.6) is 0 Å². The summed E-state index contributed by atoms with van der Waals surface area (Å²) in [5.41, 5.74) is 2.64. The highest BCUT2D eigenvalue weighted by Gasteiger charge is 2.28. The number of anilines is 1. The molecule has 0 aliphatic carbocycles. The zero-order valence-corrected chi connectivity index (χ0v) is 16.3. The summed E-state index contributed by atoms with van der Waals surface area (Å²) < 4.78 is 0. The van der Waals surface area contributed by atoms with Crippen LogP contribution in [0.3, 0.4) is 0 Å². The number of benzene rings is 2. The van der Waals surface area contributed by atoms with Gasteiger partial charge in [0.1, 0.15) is 0 Å². The fourth-order valence-electron chi connectivity index (χ4n) is 3.93. The standard InChI is InChI=1S/C21H22ClN3S/c22-17-6-7-20-16(14-17)15-25(19-4-1-2-5-21(19)26-20)18-8-12-24(13-9-18)11-3-10-23/h1-2,4-7,14,18H,3,8-9,11-13,15H2. The number of halogens is 1. The van der Waals surface area contributed by atoms with Gasteiger partial charge in [0.05, 0.1) is 11.8 Å². The van der Waals surface area contributed by atoms with Gasteiger partial charge in [0.2, 0.25) is 0 Å². The zero-order chi connectivity index (χ0) is 17.9. The highest BCUT2D eigenvalue weighted by atomic mass is 35.5. The Hall–Kier alpha value is -1.67. The van der Waals surface area contributed by atoms with Crippen molar-refractivity contribution in [3.8, 4) is 6.07 Å². The molecular formula is C21H22ClN3S. The Morgan fingerprint density at radius 3 is 2.73 bits per heavy atom. The third kappa shape index (κ3) is 3.71. The molecule has 0 bridgehead atoms. The lowest BCUT2D eigenvalue weighted by Gasteiger charge is -2.39. The van der Waals surface area contributed by atoms with Gasteiger partial charge < -0.3 is 9.80 Å². The summed E-state index contributed by atoms with van der Waals surface area (Å²) >= 11 is 8.13. The van der Waals surface area contributed by atoms with E-state index in [0.717, 1.165) is 44.0 Å². The highest BCUT2D eigenvalue weighted by molar-refractivity contribution is 7.99. The zero-order valence-electron chi connectivity index (χ0n) is 14.7.